The molecule has 1 aliphatic carbocycles. The molecule has 0 aromatic rings. The third kappa shape index (κ3) is 2.91. The van der Waals surface area contributed by atoms with E-state index in [1.165, 1.54) is 18.4 Å². The average Bonchev–Trinajstić information content (AvgIpc) is 2.01. The first-order valence-electron chi connectivity index (χ1n) is 5.34. The van der Waals surface area contributed by atoms with Gasteiger partial charge in [-0.15, -0.1) is 0 Å². The third-order valence-electron chi connectivity index (χ3n) is 2.90. The van der Waals surface area contributed by atoms with Crippen molar-refractivity contribution in [1.29, 1.82) is 0 Å². The predicted molar refractivity (Wildman–Crippen MR) is 67.9 cm³/mol. The zero-order chi connectivity index (χ0) is 11.0. The molecule has 0 atom stereocenters. The highest BCUT2D eigenvalue weighted by Gasteiger charge is 2.23. The number of rotatable bonds is 1. The second kappa shape index (κ2) is 3.77. The monoisotopic (exact) mass is 210 g/mol. The van der Waals surface area contributed by atoms with Crippen LogP contribution in [0.2, 0.25) is 0 Å². The van der Waals surface area contributed by atoms with Crippen molar-refractivity contribution < 1.29 is 0 Å². The molecule has 14 heavy (non-hydrogen) atoms. The second-order valence-corrected chi connectivity index (χ2v) is 6.81. The fourth-order valence-electron chi connectivity index (χ4n) is 1.77. The summed E-state index contributed by atoms with van der Waals surface area (Å²) in [6.45, 7) is 11.2. The molecule has 0 N–H and O–H groups in total. The van der Waals surface area contributed by atoms with Crippen molar-refractivity contribution in [2.45, 2.75) is 52.2 Å². The lowest BCUT2D eigenvalue weighted by atomic mass is 9.79. The van der Waals surface area contributed by atoms with Crippen molar-refractivity contribution in [1.82, 2.24) is 0 Å². The quantitative estimate of drug-likeness (QED) is 0.610. The van der Waals surface area contributed by atoms with Gasteiger partial charge in [-0.25, -0.2) is 0 Å². The minimum atomic E-state index is 0.0416. The lowest BCUT2D eigenvalue weighted by Gasteiger charge is -2.30. The van der Waals surface area contributed by atoms with E-state index < -0.39 is 0 Å². The van der Waals surface area contributed by atoms with Crippen LogP contribution in [0.15, 0.2) is 23.3 Å². The zero-order valence-corrected chi connectivity index (χ0v) is 10.9. The molecule has 0 aliphatic heterocycles. The topological polar surface area (TPSA) is 0 Å². The van der Waals surface area contributed by atoms with E-state index in [0.717, 1.165) is 0 Å². The molecule has 1 rings (SSSR count). The Morgan fingerprint density at radius 2 is 1.36 bits per heavy atom. The van der Waals surface area contributed by atoms with Crippen LogP contribution in [0.4, 0.5) is 0 Å². The highest BCUT2D eigenvalue weighted by atomic mass is 32.1. The molecule has 0 saturated carbocycles. The summed E-state index contributed by atoms with van der Waals surface area (Å²) in [5, 5.41) is 0. The highest BCUT2D eigenvalue weighted by molar-refractivity contribution is 7.82. The predicted octanol–water partition coefficient (Wildman–Crippen LogP) is 4.39. The maximum atomic E-state index is 4.60. The molecular formula is C13H22S. The Hall–Kier alpha value is -0.170. The molecule has 0 amide bonds. The standard InChI is InChI=1S/C13H22S/c1-12(2,3)10-6-8-11(9-7-10)13(4,5)14/h6,8,14H,7,9H2,1-5H3. The van der Waals surface area contributed by atoms with E-state index in [2.05, 4.69) is 59.4 Å². The van der Waals surface area contributed by atoms with Gasteiger partial charge in [0.25, 0.3) is 0 Å². The summed E-state index contributed by atoms with van der Waals surface area (Å²) in [5.74, 6) is 0. The molecule has 0 fully saturated rings. The van der Waals surface area contributed by atoms with Gasteiger partial charge in [0.05, 0.1) is 0 Å². The molecule has 0 spiro atoms. The number of allylic oxidation sites excluding steroid dienone is 3. The largest absolute Gasteiger partial charge is 0.169 e. The Kier molecular flexibility index (Phi) is 3.20. The van der Waals surface area contributed by atoms with E-state index in [1.54, 1.807) is 5.57 Å². The van der Waals surface area contributed by atoms with Gasteiger partial charge < -0.3 is 0 Å². The number of thiol groups is 1. The van der Waals surface area contributed by atoms with Gasteiger partial charge in [-0.1, -0.05) is 44.1 Å². The molecule has 0 aromatic carbocycles. The maximum absolute atomic E-state index is 4.60. The summed E-state index contributed by atoms with van der Waals surface area (Å²) in [6, 6.07) is 0. The van der Waals surface area contributed by atoms with E-state index in [-0.39, 0.29) is 4.75 Å². The first-order chi connectivity index (χ1) is 6.21. The summed E-state index contributed by atoms with van der Waals surface area (Å²) >= 11 is 4.60. The van der Waals surface area contributed by atoms with Crippen LogP contribution >= 0.6 is 12.6 Å². The van der Waals surface area contributed by atoms with Gasteiger partial charge in [0.15, 0.2) is 0 Å². The Morgan fingerprint density at radius 1 is 0.929 bits per heavy atom. The summed E-state index contributed by atoms with van der Waals surface area (Å²) in [7, 11) is 0. The van der Waals surface area contributed by atoms with Gasteiger partial charge in [-0.05, 0) is 32.1 Å². The van der Waals surface area contributed by atoms with Gasteiger partial charge >= 0.3 is 0 Å². The number of hydrogen-bond acceptors (Lipinski definition) is 1. The highest BCUT2D eigenvalue weighted by Crippen LogP contribution is 2.37. The van der Waals surface area contributed by atoms with Crippen LogP contribution in [0.3, 0.4) is 0 Å². The first kappa shape index (κ1) is 11.9. The van der Waals surface area contributed by atoms with Crippen molar-refractivity contribution in [2.75, 3.05) is 0 Å². The fourth-order valence-corrected chi connectivity index (χ4v) is 1.96. The Bertz CT molecular complexity index is 239. The molecule has 0 unspecified atom stereocenters. The van der Waals surface area contributed by atoms with Crippen LogP contribution in [0.25, 0.3) is 0 Å². The van der Waals surface area contributed by atoms with Crippen molar-refractivity contribution in [3.05, 3.63) is 23.3 Å². The first-order valence-corrected chi connectivity index (χ1v) is 5.79. The molecule has 0 heterocycles. The third-order valence-corrected chi connectivity index (χ3v) is 3.19. The van der Waals surface area contributed by atoms with Crippen LogP contribution < -0.4 is 0 Å². The SMILES string of the molecule is CC(C)(C)C1=CC=C(C(C)(C)S)CC1. The lowest BCUT2D eigenvalue weighted by molar-refractivity contribution is 0.477. The van der Waals surface area contributed by atoms with Gasteiger partial charge in [0.2, 0.25) is 0 Å². The van der Waals surface area contributed by atoms with Crippen LogP contribution in [0, 0.1) is 5.41 Å². The van der Waals surface area contributed by atoms with Gasteiger partial charge in [-0.3, -0.25) is 0 Å². The van der Waals surface area contributed by atoms with E-state index >= 15 is 0 Å². The van der Waals surface area contributed by atoms with E-state index in [9.17, 15) is 0 Å². The summed E-state index contributed by atoms with van der Waals surface area (Å²) in [6.07, 6.45) is 6.91. The summed E-state index contributed by atoms with van der Waals surface area (Å²) in [5.41, 5.74) is 3.33. The van der Waals surface area contributed by atoms with Gasteiger partial charge in [0, 0.05) is 4.75 Å². The van der Waals surface area contributed by atoms with Crippen molar-refractivity contribution in [3.63, 3.8) is 0 Å². The summed E-state index contributed by atoms with van der Waals surface area (Å²) in [4.78, 5) is 0. The van der Waals surface area contributed by atoms with Crippen LogP contribution in [-0.4, -0.2) is 4.75 Å². The van der Waals surface area contributed by atoms with Crippen LogP contribution in [0.1, 0.15) is 47.5 Å². The molecule has 0 saturated heterocycles. The molecule has 0 nitrogen and oxygen atoms in total. The van der Waals surface area contributed by atoms with E-state index in [1.807, 2.05) is 0 Å². The lowest BCUT2D eigenvalue weighted by Crippen LogP contribution is -2.19. The fraction of sp³-hybridized carbons (Fsp3) is 0.692. The van der Waals surface area contributed by atoms with E-state index in [0.29, 0.717) is 5.41 Å². The van der Waals surface area contributed by atoms with Crippen LogP contribution in [-0.2, 0) is 0 Å². The zero-order valence-electron chi connectivity index (χ0n) is 10.0. The minimum absolute atomic E-state index is 0.0416. The minimum Gasteiger partial charge on any atom is -0.169 e. The molecule has 0 aromatic heterocycles. The smallest absolute Gasteiger partial charge is 0.0284 e. The molecule has 1 aliphatic rings. The van der Waals surface area contributed by atoms with Crippen molar-refractivity contribution >= 4 is 12.6 Å². The second-order valence-electron chi connectivity index (χ2n) is 5.69. The maximum Gasteiger partial charge on any atom is 0.0284 e. The Labute approximate surface area is 93.9 Å². The summed E-state index contributed by atoms with van der Waals surface area (Å²) < 4.78 is 0.0416. The van der Waals surface area contributed by atoms with E-state index in [4.69, 9.17) is 0 Å². The van der Waals surface area contributed by atoms with Crippen molar-refractivity contribution in [2.24, 2.45) is 5.41 Å². The average molecular weight is 210 g/mol. The van der Waals surface area contributed by atoms with Gasteiger partial charge in [-0.2, -0.15) is 12.6 Å². The molecule has 1 heteroatoms. The molecule has 0 radical (unpaired) electrons. The molecular weight excluding hydrogens is 188 g/mol. The van der Waals surface area contributed by atoms with Crippen LogP contribution in [0.5, 0.6) is 0 Å². The van der Waals surface area contributed by atoms with Crippen molar-refractivity contribution in [3.8, 4) is 0 Å². The van der Waals surface area contributed by atoms with Gasteiger partial charge in [0.1, 0.15) is 0 Å². The normalized spacial score (nSPS) is 19.0. The number of hydrogen-bond donors (Lipinski definition) is 1. The Balaban J connectivity index is 2.85. The molecule has 0 bridgehead atoms. The Morgan fingerprint density at radius 3 is 1.64 bits per heavy atom. The molecule has 80 valence electrons.